The third-order valence-electron chi connectivity index (χ3n) is 0.925. The maximum absolute atomic E-state index is 8.40. The van der Waals surface area contributed by atoms with Crippen LogP contribution in [0.15, 0.2) is 16.7 Å². The lowest BCUT2D eigenvalue weighted by molar-refractivity contribution is 0.388. The van der Waals surface area contributed by atoms with Crippen molar-refractivity contribution in [2.24, 2.45) is 0 Å². The predicted molar refractivity (Wildman–Crippen MR) is 42.4 cm³/mol. The van der Waals surface area contributed by atoms with Gasteiger partial charge in [-0.15, -0.1) is 0 Å². The molecule has 0 aliphatic heterocycles. The van der Waals surface area contributed by atoms with E-state index in [0.717, 1.165) is 0 Å². The lowest BCUT2D eigenvalue weighted by atomic mass is 10.4. The first-order valence-electron chi connectivity index (χ1n) is 2.45. The van der Waals surface area contributed by atoms with E-state index < -0.39 is 0 Å². The molecule has 5 heteroatoms. The minimum atomic E-state index is 0.374. The van der Waals surface area contributed by atoms with Gasteiger partial charge in [-0.1, -0.05) is 11.6 Å². The molecule has 0 spiro atoms. The second kappa shape index (κ2) is 3.18. The zero-order valence-electron chi connectivity index (χ0n) is 4.81. The molecule has 1 aromatic rings. The van der Waals surface area contributed by atoms with Crippen molar-refractivity contribution in [1.29, 1.82) is 0 Å². The summed E-state index contributed by atoms with van der Waals surface area (Å²) in [5, 5.41) is 8.77. The SMILES string of the molecule is ONc1cnc(Cl)c(Br)c1. The van der Waals surface area contributed by atoms with E-state index in [2.05, 4.69) is 20.9 Å². The number of nitrogens with zero attached hydrogens (tertiary/aromatic N) is 1. The monoisotopic (exact) mass is 222 g/mol. The number of anilines is 1. The van der Waals surface area contributed by atoms with Gasteiger partial charge in [-0.25, -0.2) is 4.98 Å². The van der Waals surface area contributed by atoms with Crippen LogP contribution in [0.4, 0.5) is 5.69 Å². The highest BCUT2D eigenvalue weighted by atomic mass is 79.9. The minimum absolute atomic E-state index is 0.374. The van der Waals surface area contributed by atoms with E-state index in [1.807, 2.05) is 5.48 Å². The Morgan fingerprint density at radius 3 is 2.90 bits per heavy atom. The third-order valence-corrected chi connectivity index (χ3v) is 2.06. The molecule has 0 unspecified atom stereocenters. The van der Waals surface area contributed by atoms with E-state index in [9.17, 15) is 0 Å². The van der Waals surface area contributed by atoms with E-state index in [0.29, 0.717) is 15.3 Å². The number of pyridine rings is 1. The largest absolute Gasteiger partial charge is 0.291 e. The maximum atomic E-state index is 8.40. The molecule has 0 atom stereocenters. The van der Waals surface area contributed by atoms with Crippen LogP contribution in [-0.2, 0) is 0 Å². The molecule has 0 aliphatic carbocycles. The molecule has 0 radical (unpaired) electrons. The van der Waals surface area contributed by atoms with Gasteiger partial charge < -0.3 is 0 Å². The number of hydrogen-bond donors (Lipinski definition) is 2. The highest BCUT2D eigenvalue weighted by molar-refractivity contribution is 9.10. The second-order valence-corrected chi connectivity index (χ2v) is 2.82. The van der Waals surface area contributed by atoms with Crippen LogP contribution in [0.3, 0.4) is 0 Å². The van der Waals surface area contributed by atoms with Gasteiger partial charge in [-0.3, -0.25) is 10.7 Å². The van der Waals surface area contributed by atoms with Crippen LogP contribution in [0.25, 0.3) is 0 Å². The van der Waals surface area contributed by atoms with Crippen LogP contribution < -0.4 is 5.48 Å². The van der Waals surface area contributed by atoms with E-state index in [4.69, 9.17) is 16.8 Å². The average Bonchev–Trinajstić information content (AvgIpc) is 1.95. The molecule has 0 aromatic carbocycles. The molecule has 3 nitrogen and oxygen atoms in total. The molecule has 1 rings (SSSR count). The van der Waals surface area contributed by atoms with E-state index in [1.54, 1.807) is 6.07 Å². The van der Waals surface area contributed by atoms with E-state index >= 15 is 0 Å². The van der Waals surface area contributed by atoms with Gasteiger partial charge in [0, 0.05) is 0 Å². The number of hydrogen-bond acceptors (Lipinski definition) is 3. The molecule has 1 aromatic heterocycles. The molecule has 10 heavy (non-hydrogen) atoms. The summed E-state index contributed by atoms with van der Waals surface area (Å²) in [6.07, 6.45) is 1.42. The van der Waals surface area contributed by atoms with Crippen LogP contribution in [-0.4, -0.2) is 10.2 Å². The predicted octanol–water partition coefficient (Wildman–Crippen LogP) is 2.30. The van der Waals surface area contributed by atoms with Gasteiger partial charge in [0.15, 0.2) is 0 Å². The van der Waals surface area contributed by atoms with Crippen LogP contribution in [0.5, 0.6) is 0 Å². The Morgan fingerprint density at radius 2 is 2.40 bits per heavy atom. The molecule has 2 N–H and O–H groups in total. The first-order chi connectivity index (χ1) is 4.74. The van der Waals surface area contributed by atoms with Gasteiger partial charge in [0.05, 0.1) is 16.4 Å². The number of nitrogens with one attached hydrogen (secondary N) is 1. The van der Waals surface area contributed by atoms with Crippen LogP contribution in [0.1, 0.15) is 0 Å². The molecular weight excluding hydrogens is 219 g/mol. The fourth-order valence-corrected chi connectivity index (χ4v) is 0.935. The molecule has 0 amide bonds. The third kappa shape index (κ3) is 1.59. The highest BCUT2D eigenvalue weighted by Gasteiger charge is 1.97. The van der Waals surface area contributed by atoms with Gasteiger partial charge in [0.1, 0.15) is 5.15 Å². The molecule has 0 saturated heterocycles. The molecule has 54 valence electrons. The summed E-state index contributed by atoms with van der Waals surface area (Å²) in [7, 11) is 0. The molecule has 0 fully saturated rings. The Balaban J connectivity index is 3.04. The Hall–Kier alpha value is -0.320. The van der Waals surface area contributed by atoms with Gasteiger partial charge in [-0.2, -0.15) is 0 Å². The van der Waals surface area contributed by atoms with Crippen molar-refractivity contribution in [1.82, 2.24) is 4.98 Å². The van der Waals surface area contributed by atoms with Crippen molar-refractivity contribution >= 4 is 33.2 Å². The lowest BCUT2D eigenvalue weighted by Gasteiger charge is -1.98. The standard InChI is InChI=1S/C5H4BrClN2O/c6-4-1-3(9-10)2-8-5(4)7/h1-2,9-10H. The molecular formula is C5H4BrClN2O. The fraction of sp³-hybridized carbons (Fsp3) is 0. The van der Waals surface area contributed by atoms with E-state index in [1.165, 1.54) is 6.20 Å². The van der Waals surface area contributed by atoms with Crippen molar-refractivity contribution in [3.8, 4) is 0 Å². The first kappa shape index (κ1) is 7.78. The Labute approximate surface area is 71.1 Å². The van der Waals surface area contributed by atoms with Gasteiger partial charge in [-0.05, 0) is 22.0 Å². The molecule has 0 bridgehead atoms. The first-order valence-corrected chi connectivity index (χ1v) is 3.62. The number of aromatic nitrogens is 1. The lowest BCUT2D eigenvalue weighted by Crippen LogP contribution is -1.89. The minimum Gasteiger partial charge on any atom is -0.291 e. The van der Waals surface area contributed by atoms with Crippen LogP contribution in [0.2, 0.25) is 5.15 Å². The molecule has 1 heterocycles. The van der Waals surface area contributed by atoms with Crippen LogP contribution >= 0.6 is 27.5 Å². The topological polar surface area (TPSA) is 45.1 Å². The van der Waals surface area contributed by atoms with Crippen molar-refractivity contribution in [3.63, 3.8) is 0 Å². The highest BCUT2D eigenvalue weighted by Crippen LogP contribution is 2.22. The van der Waals surface area contributed by atoms with E-state index in [-0.39, 0.29) is 0 Å². The Bertz CT molecular complexity index is 243. The van der Waals surface area contributed by atoms with Crippen molar-refractivity contribution in [3.05, 3.63) is 21.9 Å². The Morgan fingerprint density at radius 1 is 1.70 bits per heavy atom. The van der Waals surface area contributed by atoms with Gasteiger partial charge >= 0.3 is 0 Å². The summed E-state index contributed by atoms with van der Waals surface area (Å²) in [6, 6.07) is 1.62. The summed E-state index contributed by atoms with van der Waals surface area (Å²) >= 11 is 8.71. The normalized spacial score (nSPS) is 9.50. The zero-order chi connectivity index (χ0) is 7.56. The van der Waals surface area contributed by atoms with Crippen molar-refractivity contribution < 1.29 is 5.21 Å². The summed E-state index contributed by atoms with van der Waals surface area (Å²) in [5.74, 6) is 0. The smallest absolute Gasteiger partial charge is 0.143 e. The van der Waals surface area contributed by atoms with Gasteiger partial charge in [0.25, 0.3) is 0 Å². The molecule has 0 aliphatic rings. The zero-order valence-corrected chi connectivity index (χ0v) is 7.15. The Kier molecular flexibility index (Phi) is 2.48. The quantitative estimate of drug-likeness (QED) is 0.567. The van der Waals surface area contributed by atoms with Gasteiger partial charge in [0.2, 0.25) is 0 Å². The molecule has 0 saturated carbocycles. The van der Waals surface area contributed by atoms with Crippen molar-refractivity contribution in [2.75, 3.05) is 5.48 Å². The number of halogens is 2. The number of rotatable bonds is 1. The second-order valence-electron chi connectivity index (χ2n) is 1.61. The average molecular weight is 223 g/mol. The summed E-state index contributed by atoms with van der Waals surface area (Å²) in [4.78, 5) is 3.75. The summed E-state index contributed by atoms with van der Waals surface area (Å²) < 4.78 is 0.646. The fourth-order valence-electron chi connectivity index (χ4n) is 0.482. The maximum Gasteiger partial charge on any atom is 0.143 e. The van der Waals surface area contributed by atoms with Crippen molar-refractivity contribution in [2.45, 2.75) is 0 Å². The van der Waals surface area contributed by atoms with Crippen LogP contribution in [0, 0.1) is 0 Å². The summed E-state index contributed by atoms with van der Waals surface area (Å²) in [5.41, 5.74) is 2.44. The summed E-state index contributed by atoms with van der Waals surface area (Å²) in [6.45, 7) is 0.